The Bertz CT molecular complexity index is 564. The van der Waals surface area contributed by atoms with Crippen LogP contribution in [0, 0.1) is 5.92 Å². The topological polar surface area (TPSA) is 84.2 Å². The van der Waals surface area contributed by atoms with Crippen LogP contribution in [-0.2, 0) is 16.6 Å². The molecule has 2 atom stereocenters. The number of amides is 1. The van der Waals surface area contributed by atoms with Gasteiger partial charge in [-0.15, -0.1) is 0 Å². The maximum Gasteiger partial charge on any atom is 0.329 e. The highest BCUT2D eigenvalue weighted by atomic mass is 16.4. The number of aliphatic carboxylic acids is 1. The highest BCUT2D eigenvalue weighted by molar-refractivity contribution is 5.95. The summed E-state index contributed by atoms with van der Waals surface area (Å²) < 4.78 is 1.64. The van der Waals surface area contributed by atoms with Gasteiger partial charge < -0.3 is 10.4 Å². The van der Waals surface area contributed by atoms with Crippen LogP contribution >= 0.6 is 0 Å². The molecule has 1 aromatic heterocycles. The van der Waals surface area contributed by atoms with Crippen molar-refractivity contribution in [3.05, 3.63) is 24.0 Å². The molecule has 0 spiro atoms. The second-order valence-electron chi connectivity index (χ2n) is 5.63. The number of hydrogen-bond donors (Lipinski definition) is 2. The van der Waals surface area contributed by atoms with Crippen molar-refractivity contribution in [3.8, 4) is 0 Å². The van der Waals surface area contributed by atoms with E-state index in [2.05, 4.69) is 10.4 Å². The highest BCUT2D eigenvalue weighted by Gasteiger charge is 2.45. The van der Waals surface area contributed by atoms with Crippen molar-refractivity contribution in [2.45, 2.75) is 38.1 Å². The fourth-order valence-electron chi connectivity index (χ4n) is 2.87. The first-order valence-corrected chi connectivity index (χ1v) is 7.17. The van der Waals surface area contributed by atoms with E-state index >= 15 is 0 Å². The van der Waals surface area contributed by atoms with E-state index in [1.807, 2.05) is 6.92 Å². The number of aryl methyl sites for hydroxylation is 1. The molecular formula is C15H21N3O3. The summed E-state index contributed by atoms with van der Waals surface area (Å²) in [6, 6.07) is 1.78. The van der Waals surface area contributed by atoms with Gasteiger partial charge in [0.15, 0.2) is 0 Å². The number of nitrogens with zero attached hydrogens (tertiary/aromatic N) is 2. The molecule has 2 unspecified atom stereocenters. The molecule has 0 aliphatic heterocycles. The number of nitrogens with one attached hydrogen (secondary N) is 1. The van der Waals surface area contributed by atoms with Crippen LogP contribution in [0.5, 0.6) is 0 Å². The Balaban J connectivity index is 2.10. The molecule has 6 nitrogen and oxygen atoms in total. The summed E-state index contributed by atoms with van der Waals surface area (Å²) in [5.74, 6) is -1.40. The summed E-state index contributed by atoms with van der Waals surface area (Å²) >= 11 is 0. The van der Waals surface area contributed by atoms with Crippen molar-refractivity contribution < 1.29 is 14.7 Å². The molecule has 6 heteroatoms. The third-order valence-corrected chi connectivity index (χ3v) is 4.29. The molecule has 1 aliphatic carbocycles. The number of hydrogen-bond acceptors (Lipinski definition) is 3. The smallest absolute Gasteiger partial charge is 0.329 e. The molecule has 1 saturated carbocycles. The Labute approximate surface area is 123 Å². The summed E-state index contributed by atoms with van der Waals surface area (Å²) in [7, 11) is 1.78. The van der Waals surface area contributed by atoms with Gasteiger partial charge in [-0.3, -0.25) is 9.48 Å². The number of carboxylic acids is 1. The van der Waals surface area contributed by atoms with Crippen LogP contribution in [0.4, 0.5) is 0 Å². The first-order chi connectivity index (χ1) is 9.95. The monoisotopic (exact) mass is 291 g/mol. The Morgan fingerprint density at radius 3 is 2.86 bits per heavy atom. The van der Waals surface area contributed by atoms with Crippen LogP contribution in [0.25, 0.3) is 6.08 Å². The van der Waals surface area contributed by atoms with E-state index in [0.717, 1.165) is 25.0 Å². The normalized spacial score (nSPS) is 25.9. The zero-order valence-electron chi connectivity index (χ0n) is 12.4. The number of carbonyl (C=O) groups excluding carboxylic acids is 1. The van der Waals surface area contributed by atoms with Gasteiger partial charge in [-0.2, -0.15) is 5.10 Å². The molecule has 0 bridgehead atoms. The molecular weight excluding hydrogens is 270 g/mol. The lowest BCUT2D eigenvalue weighted by Gasteiger charge is -2.39. The maximum absolute atomic E-state index is 12.1. The van der Waals surface area contributed by atoms with Gasteiger partial charge in [0, 0.05) is 19.3 Å². The Hall–Kier alpha value is -2.11. The molecule has 0 radical (unpaired) electrons. The van der Waals surface area contributed by atoms with E-state index < -0.39 is 11.5 Å². The van der Waals surface area contributed by atoms with E-state index in [1.165, 1.54) is 6.08 Å². The molecule has 2 N–H and O–H groups in total. The van der Waals surface area contributed by atoms with E-state index in [9.17, 15) is 14.7 Å². The maximum atomic E-state index is 12.1. The molecule has 0 aromatic carbocycles. The quantitative estimate of drug-likeness (QED) is 0.825. The molecule has 114 valence electrons. The van der Waals surface area contributed by atoms with Gasteiger partial charge >= 0.3 is 5.97 Å². The summed E-state index contributed by atoms with van der Waals surface area (Å²) in [5, 5.41) is 16.3. The van der Waals surface area contributed by atoms with Crippen molar-refractivity contribution in [3.63, 3.8) is 0 Å². The highest BCUT2D eigenvalue weighted by Crippen LogP contribution is 2.33. The molecule has 1 aromatic rings. The molecule has 1 aliphatic rings. The second kappa shape index (κ2) is 6.11. The van der Waals surface area contributed by atoms with Gasteiger partial charge in [-0.05, 0) is 30.9 Å². The van der Waals surface area contributed by atoms with Crippen LogP contribution < -0.4 is 5.32 Å². The predicted molar refractivity (Wildman–Crippen MR) is 78.4 cm³/mol. The average Bonchev–Trinajstić information content (AvgIpc) is 2.84. The summed E-state index contributed by atoms with van der Waals surface area (Å²) in [6.07, 6.45) is 7.76. The Morgan fingerprint density at radius 1 is 1.52 bits per heavy atom. The Kier molecular flexibility index (Phi) is 4.45. The lowest BCUT2D eigenvalue weighted by atomic mass is 9.73. The van der Waals surface area contributed by atoms with Gasteiger partial charge in [0.1, 0.15) is 5.54 Å². The van der Waals surface area contributed by atoms with Crippen molar-refractivity contribution in [2.75, 3.05) is 0 Å². The van der Waals surface area contributed by atoms with Gasteiger partial charge in [-0.25, -0.2) is 4.79 Å². The second-order valence-corrected chi connectivity index (χ2v) is 5.63. The number of rotatable bonds is 4. The van der Waals surface area contributed by atoms with Gasteiger partial charge in [0.2, 0.25) is 5.91 Å². The number of carbonyl (C=O) groups is 2. The summed E-state index contributed by atoms with van der Waals surface area (Å²) in [4.78, 5) is 23.7. The zero-order chi connectivity index (χ0) is 15.5. The molecule has 21 heavy (non-hydrogen) atoms. The van der Waals surface area contributed by atoms with E-state index in [0.29, 0.717) is 6.42 Å². The van der Waals surface area contributed by atoms with E-state index in [1.54, 1.807) is 30.1 Å². The zero-order valence-corrected chi connectivity index (χ0v) is 12.4. The van der Waals surface area contributed by atoms with Crippen molar-refractivity contribution >= 4 is 18.0 Å². The molecule has 2 rings (SSSR count). The number of carboxylic acid groups (broad SMARTS) is 1. The minimum Gasteiger partial charge on any atom is -0.479 e. The largest absolute Gasteiger partial charge is 0.479 e. The molecule has 0 saturated heterocycles. The van der Waals surface area contributed by atoms with Gasteiger partial charge in [-0.1, -0.05) is 19.8 Å². The van der Waals surface area contributed by atoms with Crippen LogP contribution in [0.3, 0.4) is 0 Å². The van der Waals surface area contributed by atoms with Crippen LogP contribution in [0.1, 0.15) is 38.3 Å². The summed E-state index contributed by atoms with van der Waals surface area (Å²) in [5.41, 5.74) is -0.363. The summed E-state index contributed by atoms with van der Waals surface area (Å²) in [6.45, 7) is 1.89. The third-order valence-electron chi connectivity index (χ3n) is 4.29. The first-order valence-electron chi connectivity index (χ1n) is 7.17. The van der Waals surface area contributed by atoms with Crippen LogP contribution in [0.15, 0.2) is 18.3 Å². The molecule has 1 heterocycles. The third kappa shape index (κ3) is 3.15. The Morgan fingerprint density at radius 2 is 2.29 bits per heavy atom. The van der Waals surface area contributed by atoms with Crippen LogP contribution in [0.2, 0.25) is 0 Å². The van der Waals surface area contributed by atoms with Crippen molar-refractivity contribution in [1.82, 2.24) is 15.1 Å². The molecule has 1 amide bonds. The lowest BCUT2D eigenvalue weighted by molar-refractivity contribution is -0.151. The van der Waals surface area contributed by atoms with Crippen molar-refractivity contribution in [2.24, 2.45) is 13.0 Å². The first kappa shape index (κ1) is 15.3. The average molecular weight is 291 g/mol. The van der Waals surface area contributed by atoms with Crippen molar-refractivity contribution in [1.29, 1.82) is 0 Å². The van der Waals surface area contributed by atoms with Gasteiger partial charge in [0.25, 0.3) is 0 Å². The minimum absolute atomic E-state index is 0.0715. The van der Waals surface area contributed by atoms with E-state index in [4.69, 9.17) is 0 Å². The standard InChI is InChI=1S/C15H21N3O3/c1-11-5-3-4-9-15(11,14(20)21)17-13(19)7-6-12-8-10-16-18(12)2/h6-8,10-11H,3-5,9H2,1-2H3,(H,17,19)(H,20,21). The fraction of sp³-hybridized carbons (Fsp3) is 0.533. The van der Waals surface area contributed by atoms with E-state index in [-0.39, 0.29) is 11.8 Å². The lowest BCUT2D eigenvalue weighted by Crippen LogP contribution is -2.59. The molecule has 1 fully saturated rings. The SMILES string of the molecule is CC1CCCCC1(NC(=O)C=Cc1ccnn1C)C(=O)O. The van der Waals surface area contributed by atoms with Crippen LogP contribution in [-0.4, -0.2) is 32.3 Å². The van der Waals surface area contributed by atoms with Gasteiger partial charge in [0.05, 0.1) is 5.69 Å². The predicted octanol–water partition coefficient (Wildman–Crippen LogP) is 1.58. The fourth-order valence-corrected chi connectivity index (χ4v) is 2.87. The minimum atomic E-state index is -1.15. The number of aromatic nitrogens is 2.